The average molecular weight is 358 g/mol. The van der Waals surface area contributed by atoms with E-state index in [0.29, 0.717) is 0 Å². The summed E-state index contributed by atoms with van der Waals surface area (Å²) in [6.07, 6.45) is 28.4. The molecule has 0 atom stereocenters. The second-order valence-electron chi connectivity index (χ2n) is 7.07. The van der Waals surface area contributed by atoms with Crippen molar-refractivity contribution in [3.63, 3.8) is 0 Å². The first-order valence-electron chi connectivity index (χ1n) is 10.3. The number of rotatable bonds is 17. The highest BCUT2D eigenvalue weighted by Crippen LogP contribution is 2.13. The van der Waals surface area contributed by atoms with Crippen LogP contribution in [-0.2, 0) is 6.54 Å². The molecule has 0 saturated carbocycles. The third-order valence-electron chi connectivity index (χ3n) is 4.80. The smallest absolute Gasteiger partial charge is 0.334 e. The molecule has 0 aliphatic carbocycles. The van der Waals surface area contributed by atoms with Crippen LogP contribution in [0.25, 0.3) is 0 Å². The predicted molar refractivity (Wildman–Crippen MR) is 98.4 cm³/mol. The summed E-state index contributed by atoms with van der Waals surface area (Å²) in [6.45, 7) is 3.40. The molecule has 1 aromatic heterocycles. The molecule has 0 aromatic carbocycles. The summed E-state index contributed by atoms with van der Waals surface area (Å²) >= 11 is 0. The molecule has 1 aromatic rings. The van der Waals surface area contributed by atoms with Crippen LogP contribution in [0, 0.1) is 0 Å². The van der Waals surface area contributed by atoms with Gasteiger partial charge in [0.2, 0.25) is 6.20 Å². The van der Waals surface area contributed by atoms with Crippen LogP contribution in [0.3, 0.4) is 0 Å². The maximum atomic E-state index is 5.06. The van der Waals surface area contributed by atoms with E-state index in [1.807, 2.05) is 6.20 Å². The second kappa shape index (κ2) is 18.8. The van der Waals surface area contributed by atoms with Crippen LogP contribution in [0.15, 0.2) is 23.3 Å². The molecule has 0 spiro atoms. The Kier molecular flexibility index (Phi) is 18.4. The molecule has 0 unspecified atom stereocenters. The van der Waals surface area contributed by atoms with E-state index in [-0.39, 0.29) is 12.4 Å². The molecule has 0 aliphatic heterocycles. The van der Waals surface area contributed by atoms with E-state index in [1.165, 1.54) is 103 Å². The Morgan fingerprint density at radius 1 is 0.625 bits per heavy atom. The van der Waals surface area contributed by atoms with Crippen molar-refractivity contribution in [3.05, 3.63) is 18.9 Å². The lowest BCUT2D eigenvalue weighted by Gasteiger charge is -2.03. The lowest BCUT2D eigenvalue weighted by Crippen LogP contribution is -3.00. The zero-order valence-corrected chi connectivity index (χ0v) is 16.7. The zero-order valence-electron chi connectivity index (χ0n) is 16.0. The van der Waals surface area contributed by atoms with Gasteiger partial charge in [-0.05, 0) is 6.42 Å². The Labute approximate surface area is 156 Å². The Balaban J connectivity index is 0.00000529. The number of hydrogen-bond donors (Lipinski definition) is 0. The average Bonchev–Trinajstić information content (AvgIpc) is 3.08. The highest BCUT2D eigenvalue weighted by atomic mass is 35.5. The molecule has 0 aliphatic rings. The Morgan fingerprint density at radius 2 is 1.04 bits per heavy atom. The topological polar surface area (TPSA) is 17.0 Å². The lowest BCUT2D eigenvalue weighted by molar-refractivity contribution is -0.700. The predicted octanol–water partition coefficient (Wildman–Crippen LogP) is 3.83. The Hall–Kier alpha value is -0.500. The van der Waals surface area contributed by atoms with E-state index < -0.39 is 0 Å². The van der Waals surface area contributed by atoms with Gasteiger partial charge in [-0.2, -0.15) is 4.57 Å². The number of aromatic nitrogens is 1. The number of unbranched alkanes of at least 4 members (excludes halogenated alkanes) is 15. The van der Waals surface area contributed by atoms with Gasteiger partial charge in [-0.15, -0.1) is 0 Å². The summed E-state index contributed by atoms with van der Waals surface area (Å²) in [4.78, 5) is 0. The molecule has 3 heteroatoms. The van der Waals surface area contributed by atoms with Gasteiger partial charge in [-0.25, -0.2) is 0 Å². The maximum absolute atomic E-state index is 5.06. The molecular weight excluding hydrogens is 318 g/mol. The second-order valence-corrected chi connectivity index (χ2v) is 7.07. The van der Waals surface area contributed by atoms with Gasteiger partial charge < -0.3 is 16.8 Å². The van der Waals surface area contributed by atoms with Gasteiger partial charge in [-0.1, -0.05) is 96.8 Å². The molecule has 2 nitrogen and oxygen atoms in total. The van der Waals surface area contributed by atoms with E-state index in [9.17, 15) is 0 Å². The first-order chi connectivity index (χ1) is 11.4. The summed E-state index contributed by atoms with van der Waals surface area (Å²) in [7, 11) is 0. The molecular formula is C21H40ClNO. The van der Waals surface area contributed by atoms with E-state index in [4.69, 9.17) is 4.42 Å². The summed E-state index contributed by atoms with van der Waals surface area (Å²) in [5.41, 5.74) is 0. The normalized spacial score (nSPS) is 10.7. The molecule has 24 heavy (non-hydrogen) atoms. The van der Waals surface area contributed by atoms with Crippen molar-refractivity contribution >= 4 is 0 Å². The molecule has 0 fully saturated rings. The van der Waals surface area contributed by atoms with Gasteiger partial charge in [-0.3, -0.25) is 0 Å². The Bertz CT molecular complexity index is 327. The van der Waals surface area contributed by atoms with E-state index in [1.54, 1.807) is 12.7 Å². The molecule has 0 N–H and O–H groups in total. The third kappa shape index (κ3) is 15.1. The van der Waals surface area contributed by atoms with Gasteiger partial charge in [0.15, 0.2) is 12.8 Å². The SMILES string of the molecule is CCCCCCCCCCCCCCCCCC[n+]1ccoc1.[Cl-]. The number of halogens is 1. The molecule has 0 bridgehead atoms. The van der Waals surface area contributed by atoms with Crippen LogP contribution in [-0.4, -0.2) is 0 Å². The van der Waals surface area contributed by atoms with Crippen molar-refractivity contribution in [3.8, 4) is 0 Å². The molecule has 1 heterocycles. The summed E-state index contributed by atoms with van der Waals surface area (Å²) in [5, 5.41) is 0. The fraction of sp³-hybridized carbons (Fsp3) is 0.857. The van der Waals surface area contributed by atoms with Crippen LogP contribution < -0.4 is 17.0 Å². The monoisotopic (exact) mass is 357 g/mol. The van der Waals surface area contributed by atoms with E-state index >= 15 is 0 Å². The van der Waals surface area contributed by atoms with Crippen molar-refractivity contribution in [2.24, 2.45) is 0 Å². The van der Waals surface area contributed by atoms with Crippen molar-refractivity contribution < 1.29 is 21.4 Å². The number of oxazole rings is 1. The fourth-order valence-corrected chi connectivity index (χ4v) is 3.23. The standard InChI is InChI=1S/C21H40NO.ClH/c1-2-3-4-5-6-7-8-9-10-11-12-13-14-15-16-17-18-22-19-20-23-21-22;/h19-21H,2-18H2,1H3;1H/q+1;/p-1. The molecule has 0 saturated heterocycles. The molecule has 142 valence electrons. The van der Waals surface area contributed by atoms with Crippen molar-refractivity contribution in [2.45, 2.75) is 116 Å². The summed E-state index contributed by atoms with van der Waals surface area (Å²) in [6, 6.07) is 0. The van der Waals surface area contributed by atoms with Crippen LogP contribution >= 0.6 is 0 Å². The lowest BCUT2D eigenvalue weighted by atomic mass is 10.0. The summed E-state index contributed by atoms with van der Waals surface area (Å²) < 4.78 is 7.19. The number of hydrogen-bond acceptors (Lipinski definition) is 1. The highest BCUT2D eigenvalue weighted by molar-refractivity contribution is 4.50. The zero-order chi connectivity index (χ0) is 16.4. The minimum atomic E-state index is 0. The molecule has 0 amide bonds. The largest absolute Gasteiger partial charge is 1.00 e. The first-order valence-corrected chi connectivity index (χ1v) is 10.3. The van der Waals surface area contributed by atoms with Crippen molar-refractivity contribution in [1.82, 2.24) is 0 Å². The minimum absolute atomic E-state index is 0. The number of aryl methyl sites for hydroxylation is 1. The van der Waals surface area contributed by atoms with Gasteiger partial charge in [0.25, 0.3) is 0 Å². The molecule has 0 radical (unpaired) electrons. The fourth-order valence-electron chi connectivity index (χ4n) is 3.23. The van der Waals surface area contributed by atoms with E-state index in [2.05, 4.69) is 11.5 Å². The van der Waals surface area contributed by atoms with Crippen LogP contribution in [0.1, 0.15) is 110 Å². The van der Waals surface area contributed by atoms with Crippen LogP contribution in [0.2, 0.25) is 0 Å². The van der Waals surface area contributed by atoms with Gasteiger partial charge >= 0.3 is 6.39 Å². The third-order valence-corrected chi connectivity index (χ3v) is 4.80. The van der Waals surface area contributed by atoms with Crippen LogP contribution in [0.5, 0.6) is 0 Å². The first kappa shape index (κ1) is 23.5. The number of nitrogens with zero attached hydrogens (tertiary/aromatic N) is 1. The highest BCUT2D eigenvalue weighted by Gasteiger charge is 2.00. The van der Waals surface area contributed by atoms with E-state index in [0.717, 1.165) is 6.54 Å². The van der Waals surface area contributed by atoms with Crippen molar-refractivity contribution in [2.75, 3.05) is 0 Å². The van der Waals surface area contributed by atoms with Crippen LogP contribution in [0.4, 0.5) is 0 Å². The van der Waals surface area contributed by atoms with Gasteiger partial charge in [0.05, 0.1) is 0 Å². The quantitative estimate of drug-likeness (QED) is 0.306. The van der Waals surface area contributed by atoms with Gasteiger partial charge in [0.1, 0.15) is 0 Å². The summed E-state index contributed by atoms with van der Waals surface area (Å²) in [5.74, 6) is 0. The maximum Gasteiger partial charge on any atom is 0.334 e. The Morgan fingerprint density at radius 3 is 1.42 bits per heavy atom. The van der Waals surface area contributed by atoms with Gasteiger partial charge in [0, 0.05) is 6.42 Å². The minimum Gasteiger partial charge on any atom is -1.00 e. The van der Waals surface area contributed by atoms with Crippen molar-refractivity contribution in [1.29, 1.82) is 0 Å². The molecule has 1 rings (SSSR count).